The number of carbonyl (C=O) groups excluding carboxylic acids is 3. The predicted octanol–water partition coefficient (Wildman–Crippen LogP) is -0.932. The average Bonchev–Trinajstić information content (AvgIpc) is 2.63. The molecule has 10 nitrogen and oxygen atoms in total. The monoisotopic (exact) mass is 401 g/mol. The van der Waals surface area contributed by atoms with Crippen LogP contribution < -0.4 is 27.4 Å². The van der Waals surface area contributed by atoms with E-state index in [9.17, 15) is 24.3 Å². The Morgan fingerprint density at radius 2 is 1.54 bits per heavy atom. The molecule has 5 unspecified atom stereocenters. The molecule has 0 saturated carbocycles. The first-order valence-corrected chi connectivity index (χ1v) is 9.64. The largest absolute Gasteiger partial charge is 0.480 e. The molecule has 10 heteroatoms. The fourth-order valence-corrected chi connectivity index (χ4v) is 2.41. The molecule has 28 heavy (non-hydrogen) atoms. The first kappa shape index (κ1) is 25.8. The summed E-state index contributed by atoms with van der Waals surface area (Å²) in [6.45, 7) is 6.96. The Bertz CT molecular complexity index is 540. The number of hydrogen-bond acceptors (Lipinski definition) is 6. The van der Waals surface area contributed by atoms with Crippen LogP contribution in [0.1, 0.15) is 53.4 Å². The van der Waals surface area contributed by atoms with Gasteiger partial charge in [0.05, 0.1) is 6.04 Å². The van der Waals surface area contributed by atoms with Gasteiger partial charge in [-0.25, -0.2) is 4.79 Å². The summed E-state index contributed by atoms with van der Waals surface area (Å²) in [5.74, 6) is -3.03. The molecule has 5 atom stereocenters. The number of nitrogens with two attached hydrogens (primary N) is 2. The van der Waals surface area contributed by atoms with Crippen LogP contribution in [0.2, 0.25) is 0 Å². The van der Waals surface area contributed by atoms with Gasteiger partial charge in [-0.05, 0) is 45.6 Å². The van der Waals surface area contributed by atoms with Crippen LogP contribution >= 0.6 is 0 Å². The number of rotatable bonds is 13. The minimum absolute atomic E-state index is 0.272. The smallest absolute Gasteiger partial charge is 0.326 e. The van der Waals surface area contributed by atoms with Gasteiger partial charge < -0.3 is 32.5 Å². The third-order valence-electron chi connectivity index (χ3n) is 4.52. The van der Waals surface area contributed by atoms with E-state index in [1.807, 2.05) is 6.92 Å². The van der Waals surface area contributed by atoms with Crippen molar-refractivity contribution in [1.29, 1.82) is 0 Å². The summed E-state index contributed by atoms with van der Waals surface area (Å²) >= 11 is 0. The molecule has 0 heterocycles. The Hall–Kier alpha value is -2.20. The molecule has 3 amide bonds. The third kappa shape index (κ3) is 9.14. The van der Waals surface area contributed by atoms with E-state index in [4.69, 9.17) is 11.5 Å². The summed E-state index contributed by atoms with van der Waals surface area (Å²) in [5, 5.41) is 16.9. The lowest BCUT2D eigenvalue weighted by atomic mass is 9.98. The Balaban J connectivity index is 5.13. The van der Waals surface area contributed by atoms with Gasteiger partial charge in [-0.1, -0.05) is 20.3 Å². The fourth-order valence-electron chi connectivity index (χ4n) is 2.41. The lowest BCUT2D eigenvalue weighted by molar-refractivity contribution is -0.143. The van der Waals surface area contributed by atoms with E-state index < -0.39 is 47.9 Å². The van der Waals surface area contributed by atoms with Gasteiger partial charge in [-0.2, -0.15) is 0 Å². The lowest BCUT2D eigenvalue weighted by Gasteiger charge is -2.25. The van der Waals surface area contributed by atoms with Crippen molar-refractivity contribution in [2.75, 3.05) is 6.54 Å². The van der Waals surface area contributed by atoms with Crippen molar-refractivity contribution in [3.8, 4) is 0 Å². The standard InChI is InChI=1S/C18H35N5O5/c1-5-10(2)14(18(27)28)23-17(26)13(8-6-7-9-19)22-16(25)12(4)21-15(24)11(3)20/h10-14H,5-9,19-20H2,1-4H3,(H,21,24)(H,22,25)(H,23,26)(H,27,28). The second kappa shape index (κ2) is 13.1. The summed E-state index contributed by atoms with van der Waals surface area (Å²) in [7, 11) is 0. The molecule has 0 saturated heterocycles. The SMILES string of the molecule is CCC(C)C(NC(=O)C(CCCCN)NC(=O)C(C)NC(=O)C(C)N)C(=O)O. The van der Waals surface area contributed by atoms with Crippen LogP contribution in [-0.2, 0) is 19.2 Å². The van der Waals surface area contributed by atoms with E-state index in [-0.39, 0.29) is 5.92 Å². The molecular formula is C18H35N5O5. The maximum Gasteiger partial charge on any atom is 0.326 e. The van der Waals surface area contributed by atoms with Crippen molar-refractivity contribution < 1.29 is 24.3 Å². The number of aliphatic carboxylic acids is 1. The van der Waals surface area contributed by atoms with E-state index in [2.05, 4.69) is 16.0 Å². The van der Waals surface area contributed by atoms with Crippen molar-refractivity contribution in [2.24, 2.45) is 17.4 Å². The minimum Gasteiger partial charge on any atom is -0.480 e. The molecular weight excluding hydrogens is 366 g/mol. The Morgan fingerprint density at radius 1 is 0.929 bits per heavy atom. The van der Waals surface area contributed by atoms with Gasteiger partial charge in [0.15, 0.2) is 0 Å². The molecule has 0 aliphatic carbocycles. The Kier molecular flexibility index (Phi) is 12.0. The highest BCUT2D eigenvalue weighted by Crippen LogP contribution is 2.09. The summed E-state index contributed by atoms with van der Waals surface area (Å²) in [6, 6.07) is -3.65. The topological polar surface area (TPSA) is 177 Å². The summed E-state index contributed by atoms with van der Waals surface area (Å²) in [6.07, 6.45) is 2.11. The van der Waals surface area contributed by atoms with Crippen molar-refractivity contribution in [3.05, 3.63) is 0 Å². The highest BCUT2D eigenvalue weighted by molar-refractivity contribution is 5.93. The Morgan fingerprint density at radius 3 is 2.00 bits per heavy atom. The van der Waals surface area contributed by atoms with Crippen LogP contribution in [0.5, 0.6) is 0 Å². The van der Waals surface area contributed by atoms with E-state index in [1.54, 1.807) is 6.92 Å². The number of amides is 3. The maximum atomic E-state index is 12.6. The molecule has 8 N–H and O–H groups in total. The van der Waals surface area contributed by atoms with Crippen LogP contribution in [0.15, 0.2) is 0 Å². The van der Waals surface area contributed by atoms with Crippen LogP contribution in [0.4, 0.5) is 0 Å². The molecule has 0 aliphatic rings. The Labute approximate surface area is 166 Å². The van der Waals surface area contributed by atoms with Crippen LogP contribution in [0.25, 0.3) is 0 Å². The fraction of sp³-hybridized carbons (Fsp3) is 0.778. The summed E-state index contributed by atoms with van der Waals surface area (Å²) < 4.78 is 0. The van der Waals surface area contributed by atoms with Crippen LogP contribution in [0, 0.1) is 5.92 Å². The zero-order chi connectivity index (χ0) is 21.9. The molecule has 0 aromatic heterocycles. The first-order valence-electron chi connectivity index (χ1n) is 9.64. The summed E-state index contributed by atoms with van der Waals surface area (Å²) in [5.41, 5.74) is 10.9. The number of nitrogens with one attached hydrogen (secondary N) is 3. The van der Waals surface area contributed by atoms with Crippen LogP contribution in [0.3, 0.4) is 0 Å². The normalized spacial score (nSPS) is 16.2. The quantitative estimate of drug-likeness (QED) is 0.216. The minimum atomic E-state index is -1.13. The van der Waals surface area contributed by atoms with E-state index in [1.165, 1.54) is 13.8 Å². The van der Waals surface area contributed by atoms with Crippen LogP contribution in [-0.4, -0.2) is 59.5 Å². The number of carboxylic acids is 1. The zero-order valence-corrected chi connectivity index (χ0v) is 17.2. The number of carbonyl (C=O) groups is 4. The highest BCUT2D eigenvalue weighted by atomic mass is 16.4. The van der Waals surface area contributed by atoms with Gasteiger partial charge in [-0.3, -0.25) is 14.4 Å². The first-order chi connectivity index (χ1) is 13.0. The van der Waals surface area contributed by atoms with Gasteiger partial charge in [0.2, 0.25) is 17.7 Å². The number of hydrogen-bond donors (Lipinski definition) is 6. The van der Waals surface area contributed by atoms with E-state index in [0.717, 1.165) is 0 Å². The van der Waals surface area contributed by atoms with Gasteiger partial charge in [0.25, 0.3) is 0 Å². The molecule has 0 aliphatic heterocycles. The zero-order valence-electron chi connectivity index (χ0n) is 17.2. The molecule has 0 bridgehead atoms. The second-order valence-corrected chi connectivity index (χ2v) is 7.07. The number of unbranched alkanes of at least 4 members (excludes halogenated alkanes) is 1. The second-order valence-electron chi connectivity index (χ2n) is 7.07. The third-order valence-corrected chi connectivity index (χ3v) is 4.52. The molecule has 162 valence electrons. The maximum absolute atomic E-state index is 12.6. The lowest BCUT2D eigenvalue weighted by Crippen LogP contribution is -2.56. The van der Waals surface area contributed by atoms with E-state index in [0.29, 0.717) is 32.2 Å². The van der Waals surface area contributed by atoms with Gasteiger partial charge >= 0.3 is 5.97 Å². The molecule has 0 fully saturated rings. The summed E-state index contributed by atoms with van der Waals surface area (Å²) in [4.78, 5) is 48.1. The molecule has 0 rings (SSSR count). The average molecular weight is 402 g/mol. The van der Waals surface area contributed by atoms with Gasteiger partial charge in [-0.15, -0.1) is 0 Å². The van der Waals surface area contributed by atoms with Gasteiger partial charge in [0.1, 0.15) is 18.1 Å². The van der Waals surface area contributed by atoms with Gasteiger partial charge in [0, 0.05) is 0 Å². The number of carboxylic acid groups (broad SMARTS) is 1. The van der Waals surface area contributed by atoms with Crippen molar-refractivity contribution in [2.45, 2.75) is 77.5 Å². The van der Waals surface area contributed by atoms with Crippen molar-refractivity contribution in [1.82, 2.24) is 16.0 Å². The molecule has 0 radical (unpaired) electrons. The van der Waals surface area contributed by atoms with Crippen molar-refractivity contribution in [3.63, 3.8) is 0 Å². The predicted molar refractivity (Wildman–Crippen MR) is 105 cm³/mol. The highest BCUT2D eigenvalue weighted by Gasteiger charge is 2.30. The molecule has 0 aromatic carbocycles. The molecule has 0 aromatic rings. The molecule has 0 spiro atoms. The van der Waals surface area contributed by atoms with E-state index >= 15 is 0 Å². The van der Waals surface area contributed by atoms with Crippen molar-refractivity contribution >= 4 is 23.7 Å².